The Morgan fingerprint density at radius 3 is 2.85 bits per heavy atom. The summed E-state index contributed by atoms with van der Waals surface area (Å²) in [4.78, 5) is 0. The molecule has 0 fully saturated rings. The Labute approximate surface area is 92.4 Å². The smallest absolute Gasteiger partial charge is 0.146 e. The summed E-state index contributed by atoms with van der Waals surface area (Å²) < 4.78 is 11.4. The molecule has 13 heavy (non-hydrogen) atoms. The maximum absolute atomic E-state index is 5.28. The molecule has 3 heteroatoms. The molecule has 0 aliphatic carbocycles. The second-order valence-electron chi connectivity index (χ2n) is 2.78. The van der Waals surface area contributed by atoms with E-state index in [9.17, 15) is 0 Å². The van der Waals surface area contributed by atoms with Gasteiger partial charge in [0.05, 0.1) is 6.61 Å². The third-order valence-electron chi connectivity index (χ3n) is 1.84. The number of methoxy groups -OCH3 is 1. The lowest BCUT2D eigenvalue weighted by molar-refractivity contribution is -0.0392. The average Bonchev–Trinajstić information content (AvgIpc) is 2.13. The summed E-state index contributed by atoms with van der Waals surface area (Å²) >= 11 is 2.32. The minimum Gasteiger partial charge on any atom is -0.359 e. The van der Waals surface area contributed by atoms with Crippen LogP contribution < -0.4 is 0 Å². The van der Waals surface area contributed by atoms with Crippen LogP contribution in [0.4, 0.5) is 0 Å². The lowest BCUT2D eigenvalue weighted by atomic mass is 10.1. The Morgan fingerprint density at radius 1 is 1.38 bits per heavy atom. The topological polar surface area (TPSA) is 18.5 Å². The van der Waals surface area contributed by atoms with Crippen molar-refractivity contribution in [1.82, 2.24) is 0 Å². The van der Waals surface area contributed by atoms with Gasteiger partial charge in [0.1, 0.15) is 6.79 Å². The molecule has 1 aromatic rings. The minimum atomic E-state index is 0.352. The standard InChI is InChI=1S/C10H13IO2/c1-8-9(6-13-7-12-2)4-3-5-10(8)11/h3-5H,6-7H2,1-2H3. The van der Waals surface area contributed by atoms with Crippen LogP contribution in [0.2, 0.25) is 0 Å². The van der Waals surface area contributed by atoms with Gasteiger partial charge >= 0.3 is 0 Å². The molecular weight excluding hydrogens is 279 g/mol. The summed E-state index contributed by atoms with van der Waals surface area (Å²) in [6, 6.07) is 6.21. The monoisotopic (exact) mass is 292 g/mol. The quantitative estimate of drug-likeness (QED) is 0.482. The van der Waals surface area contributed by atoms with Crippen molar-refractivity contribution < 1.29 is 9.47 Å². The van der Waals surface area contributed by atoms with E-state index in [0.717, 1.165) is 0 Å². The van der Waals surface area contributed by atoms with Gasteiger partial charge in [-0.1, -0.05) is 12.1 Å². The van der Waals surface area contributed by atoms with Crippen LogP contribution in [0.1, 0.15) is 11.1 Å². The molecular formula is C10H13IO2. The average molecular weight is 292 g/mol. The molecule has 2 nitrogen and oxygen atoms in total. The fourth-order valence-electron chi connectivity index (χ4n) is 1.04. The zero-order valence-electron chi connectivity index (χ0n) is 7.84. The molecule has 0 unspecified atom stereocenters. The second kappa shape index (κ2) is 5.57. The second-order valence-corrected chi connectivity index (χ2v) is 3.94. The largest absolute Gasteiger partial charge is 0.359 e. The van der Waals surface area contributed by atoms with Crippen molar-refractivity contribution in [2.45, 2.75) is 13.5 Å². The highest BCUT2D eigenvalue weighted by atomic mass is 127. The van der Waals surface area contributed by atoms with Crippen molar-refractivity contribution in [3.05, 3.63) is 32.9 Å². The van der Waals surface area contributed by atoms with Crippen LogP contribution in [0.3, 0.4) is 0 Å². The van der Waals surface area contributed by atoms with Crippen LogP contribution in [-0.2, 0) is 16.1 Å². The third kappa shape index (κ3) is 3.25. The number of rotatable bonds is 4. The lowest BCUT2D eigenvalue weighted by Gasteiger charge is -2.07. The van der Waals surface area contributed by atoms with Gasteiger partial charge in [-0.05, 0) is 46.7 Å². The summed E-state index contributed by atoms with van der Waals surface area (Å²) in [5.41, 5.74) is 2.52. The molecule has 0 heterocycles. The van der Waals surface area contributed by atoms with Gasteiger partial charge < -0.3 is 9.47 Å². The first-order valence-electron chi connectivity index (χ1n) is 4.06. The first-order valence-corrected chi connectivity index (χ1v) is 5.14. The molecule has 0 spiro atoms. The molecule has 0 saturated heterocycles. The summed E-state index contributed by atoms with van der Waals surface area (Å²) in [5.74, 6) is 0. The van der Waals surface area contributed by atoms with Gasteiger partial charge in [0, 0.05) is 10.7 Å². The zero-order chi connectivity index (χ0) is 9.68. The summed E-state index contributed by atoms with van der Waals surface area (Å²) in [6.45, 7) is 3.08. The number of hydrogen-bond donors (Lipinski definition) is 0. The molecule has 0 atom stereocenters. The number of ether oxygens (including phenoxy) is 2. The molecule has 1 aromatic carbocycles. The molecule has 0 radical (unpaired) electrons. The fraction of sp³-hybridized carbons (Fsp3) is 0.400. The zero-order valence-corrected chi connectivity index (χ0v) is 10.00. The maximum Gasteiger partial charge on any atom is 0.146 e. The Balaban J connectivity index is 2.61. The molecule has 0 bridgehead atoms. The van der Waals surface area contributed by atoms with Gasteiger partial charge in [-0.15, -0.1) is 0 Å². The molecule has 0 saturated carbocycles. The van der Waals surface area contributed by atoms with E-state index in [1.54, 1.807) is 7.11 Å². The van der Waals surface area contributed by atoms with E-state index in [1.165, 1.54) is 14.7 Å². The molecule has 1 rings (SSSR count). The van der Waals surface area contributed by atoms with E-state index in [0.29, 0.717) is 13.4 Å². The third-order valence-corrected chi connectivity index (χ3v) is 3.01. The normalized spacial score (nSPS) is 10.4. The molecule has 0 aliphatic heterocycles. The van der Waals surface area contributed by atoms with Gasteiger partial charge in [0.15, 0.2) is 0 Å². The number of halogens is 1. The number of hydrogen-bond acceptors (Lipinski definition) is 2. The van der Waals surface area contributed by atoms with Gasteiger partial charge in [-0.3, -0.25) is 0 Å². The van der Waals surface area contributed by atoms with Crippen LogP contribution in [-0.4, -0.2) is 13.9 Å². The summed E-state index contributed by atoms with van der Waals surface area (Å²) in [6.07, 6.45) is 0. The van der Waals surface area contributed by atoms with Crippen molar-refractivity contribution in [1.29, 1.82) is 0 Å². The van der Waals surface area contributed by atoms with E-state index in [-0.39, 0.29) is 0 Å². The fourth-order valence-corrected chi connectivity index (χ4v) is 1.60. The van der Waals surface area contributed by atoms with Crippen molar-refractivity contribution in [2.24, 2.45) is 0 Å². The van der Waals surface area contributed by atoms with E-state index in [2.05, 4.69) is 41.6 Å². The van der Waals surface area contributed by atoms with E-state index in [1.807, 2.05) is 6.07 Å². The first kappa shape index (κ1) is 10.9. The van der Waals surface area contributed by atoms with Gasteiger partial charge in [0.25, 0.3) is 0 Å². The predicted octanol–water partition coefficient (Wildman–Crippen LogP) is 2.72. The van der Waals surface area contributed by atoms with E-state index < -0.39 is 0 Å². The van der Waals surface area contributed by atoms with Crippen LogP contribution in [0, 0.1) is 10.5 Å². The van der Waals surface area contributed by atoms with Crippen molar-refractivity contribution in [3.8, 4) is 0 Å². The molecule has 0 amide bonds. The minimum absolute atomic E-state index is 0.352. The SMILES string of the molecule is COCOCc1cccc(I)c1C. The lowest BCUT2D eigenvalue weighted by Crippen LogP contribution is -1.99. The Hall–Kier alpha value is -0.130. The first-order chi connectivity index (χ1) is 6.25. The van der Waals surface area contributed by atoms with Gasteiger partial charge in [0.2, 0.25) is 0 Å². The van der Waals surface area contributed by atoms with Crippen molar-refractivity contribution in [2.75, 3.05) is 13.9 Å². The van der Waals surface area contributed by atoms with Crippen LogP contribution >= 0.6 is 22.6 Å². The highest BCUT2D eigenvalue weighted by molar-refractivity contribution is 14.1. The van der Waals surface area contributed by atoms with E-state index in [4.69, 9.17) is 9.47 Å². The predicted molar refractivity (Wildman–Crippen MR) is 60.6 cm³/mol. The molecule has 0 aliphatic rings. The molecule has 0 aromatic heterocycles. The maximum atomic E-state index is 5.28. The summed E-state index contributed by atoms with van der Waals surface area (Å²) in [7, 11) is 1.63. The highest BCUT2D eigenvalue weighted by Crippen LogP contribution is 2.16. The van der Waals surface area contributed by atoms with Crippen LogP contribution in [0.25, 0.3) is 0 Å². The highest BCUT2D eigenvalue weighted by Gasteiger charge is 2.00. The van der Waals surface area contributed by atoms with Gasteiger partial charge in [-0.25, -0.2) is 0 Å². The Bertz CT molecular complexity index is 274. The Kier molecular flexibility index (Phi) is 4.69. The summed E-state index contributed by atoms with van der Waals surface area (Å²) in [5, 5.41) is 0. The van der Waals surface area contributed by atoms with Crippen LogP contribution in [0.5, 0.6) is 0 Å². The van der Waals surface area contributed by atoms with Crippen LogP contribution in [0.15, 0.2) is 18.2 Å². The van der Waals surface area contributed by atoms with Crippen molar-refractivity contribution >= 4 is 22.6 Å². The Morgan fingerprint density at radius 2 is 2.15 bits per heavy atom. The van der Waals surface area contributed by atoms with E-state index >= 15 is 0 Å². The number of benzene rings is 1. The van der Waals surface area contributed by atoms with Crippen molar-refractivity contribution in [3.63, 3.8) is 0 Å². The molecule has 72 valence electrons. The molecule has 0 N–H and O–H groups in total. The van der Waals surface area contributed by atoms with Gasteiger partial charge in [-0.2, -0.15) is 0 Å².